The van der Waals surface area contributed by atoms with E-state index in [1.165, 1.54) is 5.57 Å². The molecule has 0 unspecified atom stereocenters. The molecule has 1 aliphatic carbocycles. The number of allylic oxidation sites excluding steroid dienone is 2. The normalized spacial score (nSPS) is 20.6. The van der Waals surface area contributed by atoms with Crippen LogP contribution < -0.4 is 0 Å². The molecule has 80 valence electrons. The first kappa shape index (κ1) is 11.4. The van der Waals surface area contributed by atoms with Crippen LogP contribution in [0.1, 0.15) is 40.5 Å². The Kier molecular flexibility index (Phi) is 2.84. The van der Waals surface area contributed by atoms with Crippen molar-refractivity contribution in [1.82, 2.24) is 0 Å². The van der Waals surface area contributed by atoms with E-state index in [2.05, 4.69) is 4.99 Å². The molecule has 0 N–H and O–H groups in total. The van der Waals surface area contributed by atoms with Gasteiger partial charge in [0.05, 0.1) is 0 Å². The molecule has 1 fully saturated rings. The summed E-state index contributed by atoms with van der Waals surface area (Å²) in [6.07, 6.45) is 3.86. The maximum Gasteiger partial charge on any atom is 0.116 e. The molecule has 0 aromatic carbocycles. The van der Waals surface area contributed by atoms with Gasteiger partial charge in [0.2, 0.25) is 0 Å². The Labute approximate surface area is 86.1 Å². The zero-order chi connectivity index (χ0) is 11.0. The first-order valence-corrected chi connectivity index (χ1v) is 5.14. The summed E-state index contributed by atoms with van der Waals surface area (Å²) in [5.74, 6) is 0. The number of hydrogen-bond donors (Lipinski definition) is 0. The van der Waals surface area contributed by atoms with Crippen LogP contribution in [0.25, 0.3) is 0 Å². The number of alkyl halides is 1. The van der Waals surface area contributed by atoms with Crippen molar-refractivity contribution < 1.29 is 4.39 Å². The van der Waals surface area contributed by atoms with Gasteiger partial charge in [0, 0.05) is 18.2 Å². The van der Waals surface area contributed by atoms with Gasteiger partial charge in [-0.05, 0) is 46.6 Å². The van der Waals surface area contributed by atoms with Crippen molar-refractivity contribution in [3.8, 4) is 0 Å². The predicted molar refractivity (Wildman–Crippen MR) is 59.6 cm³/mol. The number of rotatable bonds is 3. The summed E-state index contributed by atoms with van der Waals surface area (Å²) >= 11 is 0. The second kappa shape index (κ2) is 3.48. The molecule has 0 amide bonds. The molecule has 1 aliphatic rings. The van der Waals surface area contributed by atoms with Crippen LogP contribution in [0.3, 0.4) is 0 Å². The summed E-state index contributed by atoms with van der Waals surface area (Å²) in [6, 6.07) is 0. The fourth-order valence-electron chi connectivity index (χ4n) is 1.97. The lowest BCUT2D eigenvalue weighted by molar-refractivity contribution is 0.151. The van der Waals surface area contributed by atoms with Crippen molar-refractivity contribution in [2.24, 2.45) is 10.4 Å². The molecule has 0 aromatic rings. The van der Waals surface area contributed by atoms with Crippen LogP contribution in [0.2, 0.25) is 0 Å². The van der Waals surface area contributed by atoms with Crippen molar-refractivity contribution in [1.29, 1.82) is 0 Å². The lowest BCUT2D eigenvalue weighted by Crippen LogP contribution is -2.34. The Morgan fingerprint density at radius 2 is 1.86 bits per heavy atom. The van der Waals surface area contributed by atoms with Crippen molar-refractivity contribution in [2.75, 3.05) is 7.05 Å². The van der Waals surface area contributed by atoms with Gasteiger partial charge >= 0.3 is 0 Å². The van der Waals surface area contributed by atoms with Crippen molar-refractivity contribution in [2.45, 2.75) is 46.2 Å². The van der Waals surface area contributed by atoms with Gasteiger partial charge in [0.15, 0.2) is 0 Å². The highest BCUT2D eigenvalue weighted by atomic mass is 19.1. The summed E-state index contributed by atoms with van der Waals surface area (Å²) in [4.78, 5) is 4.23. The summed E-state index contributed by atoms with van der Waals surface area (Å²) in [7, 11) is 1.75. The van der Waals surface area contributed by atoms with Gasteiger partial charge in [0.25, 0.3) is 0 Å². The first-order valence-electron chi connectivity index (χ1n) is 5.14. The number of hydrogen-bond acceptors (Lipinski definition) is 1. The van der Waals surface area contributed by atoms with Crippen LogP contribution in [0.5, 0.6) is 0 Å². The maximum atomic E-state index is 14.0. The molecular weight excluding hydrogens is 177 g/mol. The van der Waals surface area contributed by atoms with Crippen molar-refractivity contribution >= 4 is 5.71 Å². The molecule has 1 rings (SSSR count). The minimum atomic E-state index is -1.16. The summed E-state index contributed by atoms with van der Waals surface area (Å²) < 4.78 is 14.0. The molecule has 0 saturated heterocycles. The average molecular weight is 197 g/mol. The molecule has 0 spiro atoms. The first-order chi connectivity index (χ1) is 6.33. The van der Waals surface area contributed by atoms with Gasteiger partial charge in [-0.25, -0.2) is 4.39 Å². The van der Waals surface area contributed by atoms with E-state index in [4.69, 9.17) is 0 Å². The molecule has 0 aromatic heterocycles. The molecule has 14 heavy (non-hydrogen) atoms. The lowest BCUT2D eigenvalue weighted by Gasteiger charge is -2.27. The van der Waals surface area contributed by atoms with Crippen LogP contribution in [0.15, 0.2) is 16.6 Å². The molecule has 1 saturated carbocycles. The Morgan fingerprint density at radius 1 is 1.36 bits per heavy atom. The minimum Gasteiger partial charge on any atom is -0.292 e. The number of halogens is 1. The standard InChI is InChI=1S/C12H20FN/c1-9(2)8-10(14-5)12(6-7-12)11(3,4)13/h8H,6-7H2,1-5H3. The maximum absolute atomic E-state index is 14.0. The van der Waals surface area contributed by atoms with Crippen LogP contribution in [0.4, 0.5) is 4.39 Å². The van der Waals surface area contributed by atoms with Gasteiger partial charge in [-0.15, -0.1) is 0 Å². The van der Waals surface area contributed by atoms with E-state index in [-0.39, 0.29) is 5.41 Å². The quantitative estimate of drug-likeness (QED) is 0.613. The van der Waals surface area contributed by atoms with Gasteiger partial charge in [-0.1, -0.05) is 5.57 Å². The number of aliphatic imine (C=N–C) groups is 1. The zero-order valence-electron chi connectivity index (χ0n) is 9.82. The fourth-order valence-corrected chi connectivity index (χ4v) is 1.97. The Balaban J connectivity index is 2.98. The lowest BCUT2D eigenvalue weighted by atomic mass is 9.84. The second-order valence-electron chi connectivity index (χ2n) is 4.89. The highest BCUT2D eigenvalue weighted by Gasteiger charge is 2.57. The van der Waals surface area contributed by atoms with Crippen LogP contribution in [-0.2, 0) is 0 Å². The molecule has 2 heteroatoms. The second-order valence-corrected chi connectivity index (χ2v) is 4.89. The minimum absolute atomic E-state index is 0.307. The highest BCUT2D eigenvalue weighted by molar-refractivity contribution is 6.02. The van der Waals surface area contributed by atoms with Crippen LogP contribution in [-0.4, -0.2) is 18.4 Å². The topological polar surface area (TPSA) is 12.4 Å². The highest BCUT2D eigenvalue weighted by Crippen LogP contribution is 2.57. The average Bonchev–Trinajstić information content (AvgIpc) is 2.78. The van der Waals surface area contributed by atoms with Gasteiger partial charge < -0.3 is 0 Å². The Hall–Kier alpha value is -0.660. The zero-order valence-corrected chi connectivity index (χ0v) is 9.82. The Morgan fingerprint density at radius 3 is 2.07 bits per heavy atom. The van der Waals surface area contributed by atoms with Crippen LogP contribution >= 0.6 is 0 Å². The SMILES string of the molecule is CN=C(C=C(C)C)C1(C(C)(C)F)CC1. The van der Waals surface area contributed by atoms with Crippen molar-refractivity contribution in [3.63, 3.8) is 0 Å². The summed E-state index contributed by atoms with van der Waals surface area (Å²) in [5.41, 5.74) is 0.637. The molecule has 0 atom stereocenters. The molecule has 0 radical (unpaired) electrons. The van der Waals surface area contributed by atoms with Gasteiger partial charge in [-0.3, -0.25) is 4.99 Å². The Bertz CT molecular complexity index is 273. The third kappa shape index (κ3) is 1.89. The summed E-state index contributed by atoms with van der Waals surface area (Å²) in [5, 5.41) is 0. The largest absolute Gasteiger partial charge is 0.292 e. The monoisotopic (exact) mass is 197 g/mol. The van der Waals surface area contributed by atoms with Crippen LogP contribution in [0, 0.1) is 5.41 Å². The molecular formula is C12H20FN. The van der Waals surface area contributed by atoms with E-state index in [0.29, 0.717) is 0 Å². The molecule has 0 heterocycles. The van der Waals surface area contributed by atoms with E-state index in [9.17, 15) is 4.39 Å². The molecule has 1 nitrogen and oxygen atoms in total. The third-order valence-corrected chi connectivity index (χ3v) is 3.04. The van der Waals surface area contributed by atoms with E-state index in [0.717, 1.165) is 18.6 Å². The molecule has 0 aliphatic heterocycles. The molecule has 0 bridgehead atoms. The third-order valence-electron chi connectivity index (χ3n) is 3.04. The smallest absolute Gasteiger partial charge is 0.116 e. The van der Waals surface area contributed by atoms with E-state index in [1.807, 2.05) is 19.9 Å². The predicted octanol–water partition coefficient (Wildman–Crippen LogP) is 3.55. The van der Waals surface area contributed by atoms with Gasteiger partial charge in [0.1, 0.15) is 5.67 Å². The van der Waals surface area contributed by atoms with E-state index < -0.39 is 5.67 Å². The fraction of sp³-hybridized carbons (Fsp3) is 0.750. The number of nitrogens with zero attached hydrogens (tertiary/aromatic N) is 1. The summed E-state index contributed by atoms with van der Waals surface area (Å²) in [6.45, 7) is 7.35. The van der Waals surface area contributed by atoms with Crippen molar-refractivity contribution in [3.05, 3.63) is 11.6 Å². The van der Waals surface area contributed by atoms with E-state index in [1.54, 1.807) is 20.9 Å². The van der Waals surface area contributed by atoms with E-state index >= 15 is 0 Å². The van der Waals surface area contributed by atoms with Gasteiger partial charge in [-0.2, -0.15) is 0 Å².